The van der Waals surface area contributed by atoms with E-state index in [0.29, 0.717) is 6.04 Å². The Morgan fingerprint density at radius 2 is 2.31 bits per heavy atom. The van der Waals surface area contributed by atoms with Gasteiger partial charge in [-0.1, -0.05) is 6.92 Å². The number of aromatic nitrogens is 2. The molecule has 1 aromatic heterocycles. The summed E-state index contributed by atoms with van der Waals surface area (Å²) in [4.78, 5) is 0. The molecule has 0 radical (unpaired) electrons. The molecule has 1 aliphatic carbocycles. The van der Waals surface area contributed by atoms with Crippen LogP contribution in [0.25, 0.3) is 0 Å². The summed E-state index contributed by atoms with van der Waals surface area (Å²) in [7, 11) is 1.76. The van der Waals surface area contributed by atoms with Gasteiger partial charge in [0.15, 0.2) is 5.82 Å². The lowest BCUT2D eigenvalue weighted by atomic mass is 10.1. The first kappa shape index (κ1) is 11.5. The molecular formula is C12H21N3O. The summed E-state index contributed by atoms with van der Waals surface area (Å²) in [6.45, 7) is 5.01. The van der Waals surface area contributed by atoms with Crippen molar-refractivity contribution in [3.8, 4) is 0 Å². The number of nitrogens with one attached hydrogen (secondary N) is 2. The van der Waals surface area contributed by atoms with Gasteiger partial charge in [0.05, 0.1) is 12.6 Å². The molecule has 1 saturated carbocycles. The number of ether oxygens (including phenoxy) is 1. The Kier molecular flexibility index (Phi) is 3.49. The fourth-order valence-electron chi connectivity index (χ4n) is 2.07. The highest BCUT2D eigenvalue weighted by Crippen LogP contribution is 2.34. The van der Waals surface area contributed by atoms with E-state index in [1.807, 2.05) is 0 Å². The number of nitrogens with zero attached hydrogens (tertiary/aromatic N) is 1. The number of hydrogen-bond donors (Lipinski definition) is 2. The molecule has 1 fully saturated rings. The Labute approximate surface area is 96.8 Å². The van der Waals surface area contributed by atoms with Crippen LogP contribution in [0.2, 0.25) is 0 Å². The van der Waals surface area contributed by atoms with E-state index in [4.69, 9.17) is 4.74 Å². The molecule has 0 saturated heterocycles. The second-order valence-electron chi connectivity index (χ2n) is 4.57. The first-order valence-electron chi connectivity index (χ1n) is 6.05. The van der Waals surface area contributed by atoms with Crippen LogP contribution in [0.4, 0.5) is 5.82 Å². The summed E-state index contributed by atoms with van der Waals surface area (Å²) in [5, 5.41) is 10.9. The third-order valence-electron chi connectivity index (χ3n) is 3.32. The standard InChI is InChI=1S/C12H21N3O/c1-4-10-8(2)12(15-14-10)13-11(7-16-3)9-5-6-9/h9,11H,4-7H2,1-3H3,(H2,13,14,15). The first-order valence-corrected chi connectivity index (χ1v) is 6.05. The van der Waals surface area contributed by atoms with Crippen molar-refractivity contribution >= 4 is 5.82 Å². The zero-order valence-electron chi connectivity index (χ0n) is 10.3. The van der Waals surface area contributed by atoms with Gasteiger partial charge < -0.3 is 10.1 Å². The molecule has 1 heterocycles. The molecule has 2 rings (SSSR count). The summed E-state index contributed by atoms with van der Waals surface area (Å²) in [6.07, 6.45) is 3.62. The van der Waals surface area contributed by atoms with Crippen molar-refractivity contribution in [1.29, 1.82) is 0 Å². The molecule has 2 N–H and O–H groups in total. The van der Waals surface area contributed by atoms with Gasteiger partial charge in [0, 0.05) is 18.4 Å². The Hall–Kier alpha value is -1.03. The van der Waals surface area contributed by atoms with Crippen LogP contribution in [-0.4, -0.2) is 30.0 Å². The molecular weight excluding hydrogens is 202 g/mol. The molecule has 90 valence electrons. The van der Waals surface area contributed by atoms with Crippen molar-refractivity contribution in [2.75, 3.05) is 19.0 Å². The minimum absolute atomic E-state index is 0.414. The highest BCUT2D eigenvalue weighted by atomic mass is 16.5. The first-order chi connectivity index (χ1) is 7.76. The Morgan fingerprint density at radius 1 is 1.56 bits per heavy atom. The minimum Gasteiger partial charge on any atom is -0.383 e. The van der Waals surface area contributed by atoms with Crippen molar-refractivity contribution in [3.63, 3.8) is 0 Å². The predicted molar refractivity (Wildman–Crippen MR) is 64.7 cm³/mol. The van der Waals surface area contributed by atoms with E-state index in [9.17, 15) is 0 Å². The highest BCUT2D eigenvalue weighted by molar-refractivity contribution is 5.46. The van der Waals surface area contributed by atoms with Gasteiger partial charge >= 0.3 is 0 Å². The molecule has 4 nitrogen and oxygen atoms in total. The zero-order chi connectivity index (χ0) is 11.5. The summed E-state index contributed by atoms with van der Waals surface area (Å²) < 4.78 is 5.25. The van der Waals surface area contributed by atoms with Crippen LogP contribution in [0.3, 0.4) is 0 Å². The molecule has 0 aliphatic heterocycles. The lowest BCUT2D eigenvalue weighted by Crippen LogP contribution is -2.27. The average Bonchev–Trinajstić information content (AvgIpc) is 3.06. The molecule has 1 atom stereocenters. The highest BCUT2D eigenvalue weighted by Gasteiger charge is 2.31. The van der Waals surface area contributed by atoms with Crippen molar-refractivity contribution < 1.29 is 4.74 Å². The Morgan fingerprint density at radius 3 is 2.81 bits per heavy atom. The van der Waals surface area contributed by atoms with Crippen molar-refractivity contribution in [2.24, 2.45) is 5.92 Å². The lowest BCUT2D eigenvalue weighted by molar-refractivity contribution is 0.179. The molecule has 16 heavy (non-hydrogen) atoms. The Balaban J connectivity index is 2.02. The number of anilines is 1. The van der Waals surface area contributed by atoms with Crippen LogP contribution < -0.4 is 5.32 Å². The number of H-pyrrole nitrogens is 1. The fourth-order valence-corrected chi connectivity index (χ4v) is 2.07. The Bertz CT molecular complexity index is 344. The summed E-state index contributed by atoms with van der Waals surface area (Å²) in [5.74, 6) is 1.76. The molecule has 1 unspecified atom stereocenters. The van der Waals surface area contributed by atoms with Crippen molar-refractivity contribution in [3.05, 3.63) is 11.3 Å². The van der Waals surface area contributed by atoms with E-state index in [2.05, 4.69) is 29.4 Å². The molecule has 4 heteroatoms. The molecule has 0 bridgehead atoms. The smallest absolute Gasteiger partial charge is 0.151 e. The number of methoxy groups -OCH3 is 1. The molecule has 1 aromatic rings. The van der Waals surface area contributed by atoms with Gasteiger partial charge in [0.25, 0.3) is 0 Å². The van der Waals surface area contributed by atoms with E-state index >= 15 is 0 Å². The average molecular weight is 223 g/mol. The van der Waals surface area contributed by atoms with Gasteiger partial charge in [-0.2, -0.15) is 5.10 Å². The molecule has 0 amide bonds. The quantitative estimate of drug-likeness (QED) is 0.776. The van der Waals surface area contributed by atoms with Gasteiger partial charge in [-0.15, -0.1) is 0 Å². The van der Waals surface area contributed by atoms with E-state index in [1.165, 1.54) is 24.1 Å². The van der Waals surface area contributed by atoms with Crippen molar-refractivity contribution in [2.45, 2.75) is 39.2 Å². The minimum atomic E-state index is 0.414. The number of rotatable bonds is 6. The van der Waals surface area contributed by atoms with Gasteiger partial charge in [-0.25, -0.2) is 0 Å². The SMILES string of the molecule is CCc1[nH]nc(NC(COC)C2CC2)c1C. The molecule has 0 aromatic carbocycles. The van der Waals surface area contributed by atoms with Crippen LogP contribution in [-0.2, 0) is 11.2 Å². The van der Waals surface area contributed by atoms with Crippen LogP contribution >= 0.6 is 0 Å². The normalized spacial score (nSPS) is 17.4. The zero-order valence-corrected chi connectivity index (χ0v) is 10.3. The topological polar surface area (TPSA) is 49.9 Å². The number of aromatic amines is 1. The second-order valence-corrected chi connectivity index (χ2v) is 4.57. The van der Waals surface area contributed by atoms with E-state index in [1.54, 1.807) is 7.11 Å². The van der Waals surface area contributed by atoms with Crippen LogP contribution in [0, 0.1) is 12.8 Å². The number of aryl methyl sites for hydroxylation is 1. The number of hydrogen-bond acceptors (Lipinski definition) is 3. The fraction of sp³-hybridized carbons (Fsp3) is 0.750. The van der Waals surface area contributed by atoms with Crippen LogP contribution in [0.1, 0.15) is 31.0 Å². The second kappa shape index (κ2) is 4.87. The van der Waals surface area contributed by atoms with E-state index in [0.717, 1.165) is 24.8 Å². The van der Waals surface area contributed by atoms with Gasteiger partial charge in [0.2, 0.25) is 0 Å². The maximum absolute atomic E-state index is 5.25. The van der Waals surface area contributed by atoms with Crippen molar-refractivity contribution in [1.82, 2.24) is 10.2 Å². The molecule has 1 aliphatic rings. The van der Waals surface area contributed by atoms with Crippen LogP contribution in [0.5, 0.6) is 0 Å². The van der Waals surface area contributed by atoms with Gasteiger partial charge in [-0.3, -0.25) is 5.10 Å². The largest absolute Gasteiger partial charge is 0.383 e. The molecule has 0 spiro atoms. The summed E-state index contributed by atoms with van der Waals surface area (Å²) >= 11 is 0. The summed E-state index contributed by atoms with van der Waals surface area (Å²) in [6, 6.07) is 0.414. The third kappa shape index (κ3) is 2.38. The van der Waals surface area contributed by atoms with E-state index < -0.39 is 0 Å². The van der Waals surface area contributed by atoms with Crippen LogP contribution in [0.15, 0.2) is 0 Å². The maximum atomic E-state index is 5.25. The summed E-state index contributed by atoms with van der Waals surface area (Å²) in [5.41, 5.74) is 2.46. The third-order valence-corrected chi connectivity index (χ3v) is 3.32. The maximum Gasteiger partial charge on any atom is 0.151 e. The predicted octanol–water partition coefficient (Wildman–Crippen LogP) is 2.12. The van der Waals surface area contributed by atoms with Gasteiger partial charge in [-0.05, 0) is 32.1 Å². The monoisotopic (exact) mass is 223 g/mol. The lowest BCUT2D eigenvalue weighted by Gasteiger charge is -2.17. The van der Waals surface area contributed by atoms with E-state index in [-0.39, 0.29) is 0 Å². The van der Waals surface area contributed by atoms with Gasteiger partial charge in [0.1, 0.15) is 0 Å².